The lowest BCUT2D eigenvalue weighted by Gasteiger charge is -2.20. The van der Waals surface area contributed by atoms with Gasteiger partial charge in [-0.1, -0.05) is 25.1 Å². The van der Waals surface area contributed by atoms with E-state index in [0.29, 0.717) is 40.7 Å². The van der Waals surface area contributed by atoms with Gasteiger partial charge < -0.3 is 5.32 Å². The van der Waals surface area contributed by atoms with Gasteiger partial charge in [0.2, 0.25) is 0 Å². The summed E-state index contributed by atoms with van der Waals surface area (Å²) < 4.78 is 29.0. The number of carbonyl (C=O) groups is 2. The fourth-order valence-corrected chi connectivity index (χ4v) is 3.51. The molecule has 1 aliphatic carbocycles. The Morgan fingerprint density at radius 2 is 1.89 bits per heavy atom. The van der Waals surface area contributed by atoms with Crippen LogP contribution < -0.4 is 5.32 Å². The van der Waals surface area contributed by atoms with Gasteiger partial charge in [0, 0.05) is 36.3 Å². The SMILES string of the molecule is CCC(F)(F)c1cc(NCC2CCC(=O)C(C)=C(C)C2=O)nc2ccccc12. The predicted octanol–water partition coefficient (Wildman–Crippen LogP) is 5.03. The smallest absolute Gasteiger partial charge is 0.273 e. The summed E-state index contributed by atoms with van der Waals surface area (Å²) in [6, 6.07) is 8.17. The molecule has 1 heterocycles. The Morgan fingerprint density at radius 1 is 1.18 bits per heavy atom. The number of fused-ring (bicyclic) bond motifs is 1. The van der Waals surface area contributed by atoms with Gasteiger partial charge in [0.05, 0.1) is 5.52 Å². The van der Waals surface area contributed by atoms with Crippen LogP contribution in [0.1, 0.15) is 45.6 Å². The maximum atomic E-state index is 14.5. The van der Waals surface area contributed by atoms with Gasteiger partial charge in [-0.15, -0.1) is 0 Å². The number of Topliss-reactive ketones (excluding diaryl/α,β-unsaturated/α-hetero) is 2. The van der Waals surface area contributed by atoms with Gasteiger partial charge in [0.25, 0.3) is 5.92 Å². The normalized spacial score (nSPS) is 18.5. The fourth-order valence-electron chi connectivity index (χ4n) is 3.51. The van der Waals surface area contributed by atoms with E-state index < -0.39 is 5.92 Å². The Kier molecular flexibility index (Phi) is 5.59. The lowest BCUT2D eigenvalue weighted by atomic mass is 9.95. The predicted molar refractivity (Wildman–Crippen MR) is 106 cm³/mol. The maximum Gasteiger partial charge on any atom is 0.273 e. The number of aromatic nitrogens is 1. The highest BCUT2D eigenvalue weighted by molar-refractivity contribution is 6.08. The molecule has 0 fully saturated rings. The maximum absolute atomic E-state index is 14.5. The van der Waals surface area contributed by atoms with Crippen LogP contribution in [0.4, 0.5) is 14.6 Å². The van der Waals surface area contributed by atoms with Crippen LogP contribution in [0.3, 0.4) is 0 Å². The van der Waals surface area contributed by atoms with E-state index in [4.69, 9.17) is 0 Å². The van der Waals surface area contributed by atoms with Gasteiger partial charge in [-0.05, 0) is 43.5 Å². The van der Waals surface area contributed by atoms with Crippen LogP contribution in [0.15, 0.2) is 41.5 Å². The second kappa shape index (κ2) is 7.78. The number of rotatable bonds is 5. The van der Waals surface area contributed by atoms with E-state index in [2.05, 4.69) is 10.3 Å². The molecule has 1 aliphatic rings. The second-order valence-corrected chi connectivity index (χ2v) is 7.28. The van der Waals surface area contributed by atoms with E-state index in [1.807, 2.05) is 0 Å². The number of nitrogens with zero attached hydrogens (tertiary/aromatic N) is 1. The number of hydrogen-bond donors (Lipinski definition) is 1. The first-order valence-electron chi connectivity index (χ1n) is 9.51. The van der Waals surface area contributed by atoms with E-state index in [1.54, 1.807) is 38.1 Å². The van der Waals surface area contributed by atoms with Gasteiger partial charge in [-0.3, -0.25) is 9.59 Å². The van der Waals surface area contributed by atoms with E-state index in [0.717, 1.165) is 0 Å². The zero-order valence-corrected chi connectivity index (χ0v) is 16.3. The molecule has 0 aliphatic heterocycles. The highest BCUT2D eigenvalue weighted by Crippen LogP contribution is 2.37. The zero-order chi connectivity index (χ0) is 20.5. The Bertz CT molecular complexity index is 966. The quantitative estimate of drug-likeness (QED) is 0.783. The zero-order valence-electron chi connectivity index (χ0n) is 16.3. The molecule has 0 bridgehead atoms. The van der Waals surface area contributed by atoms with Crippen molar-refractivity contribution in [1.82, 2.24) is 4.98 Å². The third-order valence-electron chi connectivity index (χ3n) is 5.52. The largest absolute Gasteiger partial charge is 0.369 e. The molecule has 0 saturated carbocycles. The Morgan fingerprint density at radius 3 is 2.61 bits per heavy atom. The van der Waals surface area contributed by atoms with Crippen molar-refractivity contribution in [3.05, 3.63) is 47.0 Å². The average Bonchev–Trinajstić information content (AvgIpc) is 2.78. The number of carbonyl (C=O) groups excluding carboxylic acids is 2. The summed E-state index contributed by atoms with van der Waals surface area (Å²) in [7, 11) is 0. The molecule has 0 saturated heterocycles. The summed E-state index contributed by atoms with van der Waals surface area (Å²) in [6.07, 6.45) is 0.434. The van der Waals surface area contributed by atoms with Crippen LogP contribution in [0.5, 0.6) is 0 Å². The van der Waals surface area contributed by atoms with E-state index >= 15 is 0 Å². The first kappa shape index (κ1) is 20.1. The monoisotopic (exact) mass is 386 g/mol. The van der Waals surface area contributed by atoms with Gasteiger partial charge in [-0.2, -0.15) is 0 Å². The Labute approximate surface area is 163 Å². The number of pyridine rings is 1. The molecule has 28 heavy (non-hydrogen) atoms. The Balaban J connectivity index is 1.89. The lowest BCUT2D eigenvalue weighted by molar-refractivity contribution is -0.118. The molecule has 3 rings (SSSR count). The first-order valence-corrected chi connectivity index (χ1v) is 9.51. The van der Waals surface area contributed by atoms with Crippen molar-refractivity contribution in [2.24, 2.45) is 5.92 Å². The molecule has 1 aromatic heterocycles. The Hall–Kier alpha value is -2.63. The van der Waals surface area contributed by atoms with Crippen molar-refractivity contribution in [2.45, 2.75) is 46.0 Å². The van der Waals surface area contributed by atoms with Gasteiger partial charge >= 0.3 is 0 Å². The topological polar surface area (TPSA) is 59.1 Å². The second-order valence-electron chi connectivity index (χ2n) is 7.28. The van der Waals surface area contributed by atoms with Crippen LogP contribution in [0.25, 0.3) is 10.9 Å². The lowest BCUT2D eigenvalue weighted by Crippen LogP contribution is -2.24. The molecule has 6 heteroatoms. The molecule has 148 valence electrons. The highest BCUT2D eigenvalue weighted by atomic mass is 19.3. The summed E-state index contributed by atoms with van der Waals surface area (Å²) in [5, 5.41) is 3.47. The van der Waals surface area contributed by atoms with Crippen molar-refractivity contribution in [1.29, 1.82) is 0 Å². The van der Waals surface area contributed by atoms with Gasteiger partial charge in [-0.25, -0.2) is 13.8 Å². The summed E-state index contributed by atoms with van der Waals surface area (Å²) >= 11 is 0. The van der Waals surface area contributed by atoms with Crippen molar-refractivity contribution in [3.8, 4) is 0 Å². The van der Waals surface area contributed by atoms with Crippen LogP contribution in [0.2, 0.25) is 0 Å². The van der Waals surface area contributed by atoms with Crippen LogP contribution >= 0.6 is 0 Å². The molecule has 1 unspecified atom stereocenters. The van der Waals surface area contributed by atoms with Crippen LogP contribution in [-0.4, -0.2) is 23.1 Å². The number of anilines is 1. The molecule has 2 aromatic rings. The minimum atomic E-state index is -2.97. The number of hydrogen-bond acceptors (Lipinski definition) is 4. The van der Waals surface area contributed by atoms with E-state index in [-0.39, 0.29) is 36.0 Å². The third kappa shape index (κ3) is 3.81. The minimum absolute atomic E-state index is 0.0120. The number of benzene rings is 1. The molecule has 1 atom stereocenters. The molecular weight excluding hydrogens is 362 g/mol. The molecule has 1 aromatic carbocycles. The first-order chi connectivity index (χ1) is 13.2. The van der Waals surface area contributed by atoms with Crippen molar-refractivity contribution >= 4 is 28.3 Å². The van der Waals surface area contributed by atoms with Crippen LogP contribution in [0, 0.1) is 5.92 Å². The van der Waals surface area contributed by atoms with Gasteiger partial charge in [0.15, 0.2) is 11.6 Å². The summed E-state index contributed by atoms with van der Waals surface area (Å²) in [4.78, 5) is 29.0. The summed E-state index contributed by atoms with van der Waals surface area (Å²) in [6.45, 7) is 5.04. The third-order valence-corrected chi connectivity index (χ3v) is 5.52. The summed E-state index contributed by atoms with van der Waals surface area (Å²) in [5.74, 6) is -3.13. The van der Waals surface area contributed by atoms with Crippen molar-refractivity contribution in [2.75, 3.05) is 11.9 Å². The molecule has 4 nitrogen and oxygen atoms in total. The van der Waals surface area contributed by atoms with E-state index in [9.17, 15) is 18.4 Å². The number of para-hydroxylation sites is 1. The number of halogens is 2. The molecule has 1 N–H and O–H groups in total. The number of ketones is 2. The average molecular weight is 386 g/mol. The van der Waals surface area contributed by atoms with Crippen molar-refractivity contribution < 1.29 is 18.4 Å². The fraction of sp³-hybridized carbons (Fsp3) is 0.409. The number of allylic oxidation sites excluding steroid dienone is 2. The molecule has 0 spiro atoms. The number of alkyl halides is 2. The van der Waals surface area contributed by atoms with Gasteiger partial charge in [0.1, 0.15) is 5.82 Å². The highest BCUT2D eigenvalue weighted by Gasteiger charge is 2.32. The van der Waals surface area contributed by atoms with Crippen molar-refractivity contribution in [3.63, 3.8) is 0 Å². The standard InChI is InChI=1S/C22H24F2N2O2/c1-4-22(23,24)17-11-20(26-18-8-6-5-7-16(17)18)25-12-15-9-10-19(27)13(2)14(3)21(15)28/h5-8,11,15H,4,9-10,12H2,1-3H3,(H,25,26). The number of nitrogens with one attached hydrogen (secondary N) is 1. The molecule has 0 amide bonds. The molecular formula is C22H24F2N2O2. The molecule has 0 radical (unpaired) electrons. The summed E-state index contributed by atoms with van der Waals surface area (Å²) in [5.41, 5.74) is 1.41. The van der Waals surface area contributed by atoms with Crippen LogP contribution in [-0.2, 0) is 15.5 Å². The minimum Gasteiger partial charge on any atom is -0.369 e. The van der Waals surface area contributed by atoms with E-state index in [1.165, 1.54) is 13.0 Å².